The van der Waals surface area contributed by atoms with Gasteiger partial charge in [-0.1, -0.05) is 46.3 Å². The van der Waals surface area contributed by atoms with Crippen molar-refractivity contribution in [2.75, 3.05) is 11.4 Å². The summed E-state index contributed by atoms with van der Waals surface area (Å²) in [6.45, 7) is 0.151. The number of benzene rings is 2. The van der Waals surface area contributed by atoms with Crippen LogP contribution in [0.5, 0.6) is 0 Å². The maximum Gasteiger partial charge on any atom is 0.234 e. The van der Waals surface area contributed by atoms with Crippen LogP contribution in [-0.4, -0.2) is 32.7 Å². The average Bonchev–Trinajstić information content (AvgIpc) is 3.13. The molecular formula is C18H17BrN4O2. The number of hydrogen-bond donors (Lipinski definition) is 2. The van der Waals surface area contributed by atoms with Crippen LogP contribution in [-0.2, 0) is 11.2 Å². The first-order chi connectivity index (χ1) is 12.1. The molecule has 0 aliphatic heterocycles. The third-order valence-corrected chi connectivity index (χ3v) is 4.29. The molecule has 1 unspecified atom stereocenters. The molecule has 1 heterocycles. The van der Waals surface area contributed by atoms with Crippen molar-refractivity contribution in [1.29, 1.82) is 0 Å². The molecular weight excluding hydrogens is 384 g/mol. The van der Waals surface area contributed by atoms with Crippen molar-refractivity contribution in [3.63, 3.8) is 0 Å². The number of nitrogens with zero attached hydrogens (tertiary/aromatic N) is 3. The minimum absolute atomic E-state index is 0.0853. The molecule has 1 aromatic heterocycles. The molecule has 0 aliphatic carbocycles. The van der Waals surface area contributed by atoms with E-state index in [0.717, 1.165) is 15.7 Å². The lowest BCUT2D eigenvalue weighted by molar-refractivity contribution is -0.118. The molecule has 2 aromatic carbocycles. The molecule has 6 nitrogen and oxygen atoms in total. The third-order valence-electron chi connectivity index (χ3n) is 3.76. The van der Waals surface area contributed by atoms with Crippen LogP contribution < -0.4 is 4.90 Å². The molecule has 3 rings (SSSR count). The number of aliphatic hydroxyl groups is 1. The van der Waals surface area contributed by atoms with Gasteiger partial charge in [0.1, 0.15) is 12.2 Å². The third kappa shape index (κ3) is 4.52. The van der Waals surface area contributed by atoms with Gasteiger partial charge in [0.05, 0.1) is 19.1 Å². The van der Waals surface area contributed by atoms with Gasteiger partial charge in [0.25, 0.3) is 0 Å². The second-order valence-corrected chi connectivity index (χ2v) is 6.43. The molecule has 1 amide bonds. The Morgan fingerprint density at radius 3 is 2.52 bits per heavy atom. The number of aromatic amines is 1. The first-order valence-electron chi connectivity index (χ1n) is 7.76. The number of aliphatic hydroxyl groups excluding tert-OH is 1. The Labute approximate surface area is 153 Å². The van der Waals surface area contributed by atoms with E-state index in [2.05, 4.69) is 31.1 Å². The SMILES string of the molecule is O=C(Cc1ncn[nH]1)N(CC(O)c1ccc(Br)cc1)c1ccccc1. The first-order valence-corrected chi connectivity index (χ1v) is 8.56. The number of carbonyl (C=O) groups is 1. The summed E-state index contributed by atoms with van der Waals surface area (Å²) in [5.41, 5.74) is 1.47. The number of amides is 1. The Kier molecular flexibility index (Phi) is 5.57. The molecule has 0 bridgehead atoms. The molecule has 7 heteroatoms. The van der Waals surface area contributed by atoms with Crippen LogP contribution in [0.4, 0.5) is 5.69 Å². The Hall–Kier alpha value is -2.51. The number of halogens is 1. The van der Waals surface area contributed by atoms with Crippen LogP contribution in [0.1, 0.15) is 17.5 Å². The van der Waals surface area contributed by atoms with Crippen molar-refractivity contribution >= 4 is 27.5 Å². The van der Waals surface area contributed by atoms with Gasteiger partial charge >= 0.3 is 0 Å². The van der Waals surface area contributed by atoms with Gasteiger partial charge in [-0.3, -0.25) is 9.89 Å². The van der Waals surface area contributed by atoms with Crippen molar-refractivity contribution in [1.82, 2.24) is 15.2 Å². The van der Waals surface area contributed by atoms with E-state index in [9.17, 15) is 9.90 Å². The minimum atomic E-state index is -0.799. The molecule has 0 saturated carbocycles. The number of para-hydroxylation sites is 1. The molecule has 128 valence electrons. The van der Waals surface area contributed by atoms with E-state index in [1.807, 2.05) is 54.6 Å². The van der Waals surface area contributed by atoms with E-state index in [4.69, 9.17) is 0 Å². The number of rotatable bonds is 6. The van der Waals surface area contributed by atoms with Crippen LogP contribution in [0.25, 0.3) is 0 Å². The van der Waals surface area contributed by atoms with Crippen LogP contribution in [0, 0.1) is 0 Å². The number of carbonyl (C=O) groups excluding carboxylic acids is 1. The summed E-state index contributed by atoms with van der Waals surface area (Å²) >= 11 is 3.38. The van der Waals surface area contributed by atoms with Gasteiger partial charge in [0, 0.05) is 10.2 Å². The molecule has 0 spiro atoms. The summed E-state index contributed by atoms with van der Waals surface area (Å²) in [4.78, 5) is 18.3. The van der Waals surface area contributed by atoms with Crippen molar-refractivity contribution in [2.24, 2.45) is 0 Å². The zero-order valence-electron chi connectivity index (χ0n) is 13.3. The van der Waals surface area contributed by atoms with E-state index in [1.165, 1.54) is 6.33 Å². The number of hydrogen-bond acceptors (Lipinski definition) is 4. The number of nitrogens with one attached hydrogen (secondary N) is 1. The molecule has 25 heavy (non-hydrogen) atoms. The second kappa shape index (κ2) is 8.04. The quantitative estimate of drug-likeness (QED) is 0.666. The normalized spacial score (nSPS) is 11.9. The van der Waals surface area contributed by atoms with E-state index < -0.39 is 6.10 Å². The van der Waals surface area contributed by atoms with E-state index in [0.29, 0.717) is 5.82 Å². The van der Waals surface area contributed by atoms with E-state index in [1.54, 1.807) is 4.90 Å². The van der Waals surface area contributed by atoms with Crippen LogP contribution in [0.15, 0.2) is 65.4 Å². The lowest BCUT2D eigenvalue weighted by atomic mass is 10.1. The summed E-state index contributed by atoms with van der Waals surface area (Å²) < 4.78 is 0.935. The fourth-order valence-corrected chi connectivity index (χ4v) is 2.74. The summed E-state index contributed by atoms with van der Waals surface area (Å²) in [5, 5.41) is 17.0. The molecule has 3 aromatic rings. The minimum Gasteiger partial charge on any atom is -0.387 e. The van der Waals surface area contributed by atoms with Crippen LogP contribution >= 0.6 is 15.9 Å². The summed E-state index contributed by atoms with van der Waals surface area (Å²) in [5.74, 6) is 0.322. The van der Waals surface area contributed by atoms with Crippen molar-refractivity contribution in [3.8, 4) is 0 Å². The number of anilines is 1. The molecule has 0 saturated heterocycles. The molecule has 0 fully saturated rings. The van der Waals surface area contributed by atoms with Gasteiger partial charge in [-0.25, -0.2) is 4.98 Å². The summed E-state index contributed by atoms with van der Waals surface area (Å²) in [6, 6.07) is 16.7. The molecule has 2 N–H and O–H groups in total. The second-order valence-electron chi connectivity index (χ2n) is 5.52. The van der Waals surface area contributed by atoms with Gasteiger partial charge in [-0.05, 0) is 29.8 Å². The number of H-pyrrole nitrogens is 1. The fourth-order valence-electron chi connectivity index (χ4n) is 2.48. The lowest BCUT2D eigenvalue weighted by Crippen LogP contribution is -2.36. The highest BCUT2D eigenvalue weighted by atomic mass is 79.9. The Bertz CT molecular complexity index is 807. The maximum atomic E-state index is 12.8. The largest absolute Gasteiger partial charge is 0.387 e. The summed E-state index contributed by atoms with van der Waals surface area (Å²) in [7, 11) is 0. The van der Waals surface area contributed by atoms with Gasteiger partial charge < -0.3 is 10.0 Å². The maximum absolute atomic E-state index is 12.8. The monoisotopic (exact) mass is 400 g/mol. The van der Waals surface area contributed by atoms with E-state index >= 15 is 0 Å². The van der Waals surface area contributed by atoms with Crippen molar-refractivity contribution in [2.45, 2.75) is 12.5 Å². The van der Waals surface area contributed by atoms with E-state index in [-0.39, 0.29) is 18.9 Å². The zero-order valence-corrected chi connectivity index (χ0v) is 14.9. The summed E-state index contributed by atoms with van der Waals surface area (Å²) in [6.07, 6.45) is 0.653. The van der Waals surface area contributed by atoms with Crippen LogP contribution in [0.2, 0.25) is 0 Å². The molecule has 0 aliphatic rings. The topological polar surface area (TPSA) is 82.1 Å². The average molecular weight is 401 g/mol. The molecule has 1 atom stereocenters. The standard InChI is InChI=1S/C18H17BrN4O2/c19-14-8-6-13(7-9-14)16(24)11-23(15-4-2-1-3-5-15)18(25)10-17-20-12-21-22-17/h1-9,12,16,24H,10-11H2,(H,20,21,22). The Morgan fingerprint density at radius 1 is 1.16 bits per heavy atom. The lowest BCUT2D eigenvalue weighted by Gasteiger charge is -2.25. The highest BCUT2D eigenvalue weighted by Gasteiger charge is 2.21. The Balaban J connectivity index is 1.81. The predicted molar refractivity (Wildman–Crippen MR) is 98.0 cm³/mol. The highest BCUT2D eigenvalue weighted by molar-refractivity contribution is 9.10. The number of aromatic nitrogens is 3. The van der Waals surface area contributed by atoms with Crippen molar-refractivity contribution in [3.05, 3.63) is 76.8 Å². The van der Waals surface area contributed by atoms with Crippen LogP contribution in [0.3, 0.4) is 0 Å². The Morgan fingerprint density at radius 2 is 1.88 bits per heavy atom. The van der Waals surface area contributed by atoms with Gasteiger partial charge in [0.15, 0.2) is 0 Å². The first kappa shape index (κ1) is 17.3. The zero-order chi connectivity index (χ0) is 17.6. The van der Waals surface area contributed by atoms with Gasteiger partial charge in [-0.15, -0.1) is 0 Å². The van der Waals surface area contributed by atoms with Gasteiger partial charge in [0.2, 0.25) is 5.91 Å². The van der Waals surface area contributed by atoms with Gasteiger partial charge in [-0.2, -0.15) is 5.10 Å². The predicted octanol–water partition coefficient (Wildman–Crippen LogP) is 2.88. The fraction of sp³-hybridized carbons (Fsp3) is 0.167. The van der Waals surface area contributed by atoms with Crippen molar-refractivity contribution < 1.29 is 9.90 Å². The molecule has 0 radical (unpaired) electrons. The smallest absolute Gasteiger partial charge is 0.234 e. The highest BCUT2D eigenvalue weighted by Crippen LogP contribution is 2.22.